The van der Waals surface area contributed by atoms with Crippen LogP contribution in [0.4, 0.5) is 5.95 Å². The van der Waals surface area contributed by atoms with Gasteiger partial charge in [-0.2, -0.15) is 10.2 Å². The van der Waals surface area contributed by atoms with Gasteiger partial charge in [-0.1, -0.05) is 0 Å². The first-order valence-electron chi connectivity index (χ1n) is 8.50. The lowest BCUT2D eigenvalue weighted by Gasteiger charge is -2.35. The van der Waals surface area contributed by atoms with Gasteiger partial charge in [0.05, 0.1) is 30.7 Å². The van der Waals surface area contributed by atoms with Crippen LogP contribution in [0.2, 0.25) is 0 Å². The third-order valence-electron chi connectivity index (χ3n) is 4.94. The molecule has 8 nitrogen and oxygen atoms in total. The Morgan fingerprint density at radius 2 is 2.16 bits per heavy atom. The smallest absolute Gasteiger partial charge is 0.255 e. The summed E-state index contributed by atoms with van der Waals surface area (Å²) in [6.07, 6.45) is 7.57. The van der Waals surface area contributed by atoms with Crippen molar-refractivity contribution >= 4 is 11.9 Å². The summed E-state index contributed by atoms with van der Waals surface area (Å²) in [6, 6.07) is 3.50. The van der Waals surface area contributed by atoms with Crippen molar-refractivity contribution in [2.75, 3.05) is 31.6 Å². The van der Waals surface area contributed by atoms with Crippen molar-refractivity contribution in [2.45, 2.75) is 12.5 Å². The second-order valence-electron chi connectivity index (χ2n) is 6.42. The Bertz CT molecular complexity index is 714. The number of aromatic nitrogens is 4. The number of piperidine rings is 1. The van der Waals surface area contributed by atoms with Crippen LogP contribution in [-0.4, -0.2) is 63.3 Å². The predicted octanol–water partition coefficient (Wildman–Crippen LogP) is 0.856. The molecule has 1 N–H and O–H groups in total. The van der Waals surface area contributed by atoms with E-state index in [-0.39, 0.29) is 12.0 Å². The van der Waals surface area contributed by atoms with Crippen LogP contribution in [0.15, 0.2) is 36.9 Å². The zero-order valence-electron chi connectivity index (χ0n) is 13.8. The number of fused-ring (bicyclic) bond motifs is 1. The van der Waals surface area contributed by atoms with E-state index in [1.807, 2.05) is 4.90 Å². The number of anilines is 1. The Hall–Kier alpha value is -2.61. The van der Waals surface area contributed by atoms with Gasteiger partial charge in [-0.3, -0.25) is 4.79 Å². The lowest BCUT2D eigenvalue weighted by atomic mass is 9.84. The molecule has 2 fully saturated rings. The molecule has 4 heterocycles. The summed E-state index contributed by atoms with van der Waals surface area (Å²) in [5, 5.41) is 10.8. The fraction of sp³-hybridized carbons (Fsp3) is 0.471. The molecule has 130 valence electrons. The summed E-state index contributed by atoms with van der Waals surface area (Å²) in [6.45, 7) is 2.84. The summed E-state index contributed by atoms with van der Waals surface area (Å²) in [5.41, 5.74) is 0.590. The minimum absolute atomic E-state index is 0.0209. The second-order valence-corrected chi connectivity index (χ2v) is 6.42. The molecule has 25 heavy (non-hydrogen) atoms. The predicted molar refractivity (Wildman–Crippen MR) is 89.8 cm³/mol. The number of hydrogen-bond donors (Lipinski definition) is 1. The summed E-state index contributed by atoms with van der Waals surface area (Å²) in [5.74, 6) is 1.46. The first kappa shape index (κ1) is 15.9. The van der Waals surface area contributed by atoms with E-state index in [9.17, 15) is 4.79 Å². The van der Waals surface area contributed by atoms with E-state index in [0.717, 1.165) is 19.5 Å². The fourth-order valence-corrected chi connectivity index (χ4v) is 3.66. The molecule has 2 saturated heterocycles. The first-order chi connectivity index (χ1) is 12.3. The van der Waals surface area contributed by atoms with Crippen molar-refractivity contribution in [3.8, 4) is 0 Å². The normalized spacial score (nSPS) is 25.4. The van der Waals surface area contributed by atoms with E-state index in [0.29, 0.717) is 36.5 Å². The van der Waals surface area contributed by atoms with Gasteiger partial charge in [0.1, 0.15) is 0 Å². The summed E-state index contributed by atoms with van der Waals surface area (Å²) in [4.78, 5) is 22.8. The highest BCUT2D eigenvalue weighted by Gasteiger charge is 2.41. The average molecular weight is 340 g/mol. The molecule has 4 rings (SSSR count). The second kappa shape index (κ2) is 7.10. The van der Waals surface area contributed by atoms with Gasteiger partial charge in [0.2, 0.25) is 5.95 Å². The third-order valence-corrected chi connectivity index (χ3v) is 4.94. The van der Waals surface area contributed by atoms with Gasteiger partial charge < -0.3 is 15.0 Å². The van der Waals surface area contributed by atoms with E-state index in [4.69, 9.17) is 4.74 Å². The van der Waals surface area contributed by atoms with Gasteiger partial charge in [0.15, 0.2) is 0 Å². The number of carbonyl (C=O) groups excluding carboxylic acids is 1. The number of hydrogen-bond acceptors (Lipinski definition) is 7. The number of rotatable bonds is 4. The van der Waals surface area contributed by atoms with E-state index < -0.39 is 0 Å². The van der Waals surface area contributed by atoms with Crippen molar-refractivity contribution in [2.24, 2.45) is 11.8 Å². The number of nitrogens with one attached hydrogen (secondary N) is 1. The molecule has 1 amide bonds. The molecule has 0 aliphatic carbocycles. The highest BCUT2D eigenvalue weighted by atomic mass is 16.5. The average Bonchev–Trinajstić information content (AvgIpc) is 3.09. The first-order valence-corrected chi connectivity index (χ1v) is 8.50. The van der Waals surface area contributed by atoms with Crippen LogP contribution < -0.4 is 5.32 Å². The minimum atomic E-state index is 0.0209. The van der Waals surface area contributed by atoms with Gasteiger partial charge in [-0.05, 0) is 24.5 Å². The van der Waals surface area contributed by atoms with Gasteiger partial charge >= 0.3 is 0 Å². The van der Waals surface area contributed by atoms with Crippen molar-refractivity contribution in [1.82, 2.24) is 25.1 Å². The molecular formula is C17H20N6O2. The Morgan fingerprint density at radius 1 is 1.28 bits per heavy atom. The van der Waals surface area contributed by atoms with Crippen LogP contribution in [0, 0.1) is 11.8 Å². The van der Waals surface area contributed by atoms with Crippen LogP contribution in [0.1, 0.15) is 16.8 Å². The van der Waals surface area contributed by atoms with Gasteiger partial charge in [0.25, 0.3) is 5.91 Å². The quantitative estimate of drug-likeness (QED) is 0.882. The minimum Gasteiger partial charge on any atom is -0.376 e. The number of likely N-dealkylation sites (tertiary alicyclic amines) is 1. The molecule has 3 atom stereocenters. The summed E-state index contributed by atoms with van der Waals surface area (Å²) >= 11 is 0. The summed E-state index contributed by atoms with van der Waals surface area (Å²) < 4.78 is 5.98. The maximum Gasteiger partial charge on any atom is 0.255 e. The van der Waals surface area contributed by atoms with Crippen LogP contribution in [0.3, 0.4) is 0 Å². The maximum atomic E-state index is 12.6. The van der Waals surface area contributed by atoms with Crippen LogP contribution >= 0.6 is 0 Å². The maximum absolute atomic E-state index is 12.6. The van der Waals surface area contributed by atoms with Crippen LogP contribution in [-0.2, 0) is 4.74 Å². The number of ether oxygens (including phenoxy) is 1. The molecule has 2 aliphatic heterocycles. The highest BCUT2D eigenvalue weighted by Crippen LogP contribution is 2.34. The molecule has 2 aliphatic rings. The summed E-state index contributed by atoms with van der Waals surface area (Å²) in [7, 11) is 0. The lowest BCUT2D eigenvalue weighted by Crippen LogP contribution is -2.45. The molecule has 2 aromatic rings. The number of nitrogens with zero attached hydrogens (tertiary/aromatic N) is 5. The van der Waals surface area contributed by atoms with Crippen molar-refractivity contribution in [3.05, 3.63) is 42.5 Å². The molecule has 0 spiro atoms. The third kappa shape index (κ3) is 3.43. The Labute approximate surface area is 145 Å². The van der Waals surface area contributed by atoms with Crippen molar-refractivity contribution in [3.63, 3.8) is 0 Å². The molecule has 0 radical (unpaired) electrons. The van der Waals surface area contributed by atoms with E-state index in [1.165, 1.54) is 6.20 Å². The van der Waals surface area contributed by atoms with Crippen LogP contribution in [0.5, 0.6) is 0 Å². The molecular weight excluding hydrogens is 320 g/mol. The van der Waals surface area contributed by atoms with E-state index in [1.54, 1.807) is 30.7 Å². The van der Waals surface area contributed by atoms with E-state index >= 15 is 0 Å². The SMILES string of the molecule is O=C(c1ccnnc1)N1CC[C@@H]2[C@@H](CO[C@@H]2CNc2ncccn2)C1. The highest BCUT2D eigenvalue weighted by molar-refractivity contribution is 5.93. The molecule has 0 unspecified atom stereocenters. The van der Waals surface area contributed by atoms with E-state index in [2.05, 4.69) is 25.5 Å². The number of carbonyl (C=O) groups is 1. The van der Waals surface area contributed by atoms with Crippen molar-refractivity contribution in [1.29, 1.82) is 0 Å². The molecule has 8 heteroatoms. The topological polar surface area (TPSA) is 93.1 Å². The lowest BCUT2D eigenvalue weighted by molar-refractivity contribution is 0.0620. The molecule has 0 aromatic carbocycles. The Balaban J connectivity index is 1.34. The molecule has 0 bridgehead atoms. The van der Waals surface area contributed by atoms with Gasteiger partial charge in [0, 0.05) is 37.9 Å². The van der Waals surface area contributed by atoms with Gasteiger partial charge in [-0.15, -0.1) is 0 Å². The fourth-order valence-electron chi connectivity index (χ4n) is 3.66. The van der Waals surface area contributed by atoms with Crippen molar-refractivity contribution < 1.29 is 9.53 Å². The Kier molecular flexibility index (Phi) is 4.51. The Morgan fingerprint density at radius 3 is 2.96 bits per heavy atom. The zero-order valence-corrected chi connectivity index (χ0v) is 13.8. The standard InChI is InChI=1S/C17H20N6O2/c24-16(12-2-6-21-22-8-12)23-7-3-14-13(10-23)11-25-15(14)9-20-17-18-4-1-5-19-17/h1-2,4-6,8,13-15H,3,7,9-11H2,(H,18,19,20)/t13-,14-,15-/m1/s1. The number of amides is 1. The largest absolute Gasteiger partial charge is 0.376 e. The van der Waals surface area contributed by atoms with Gasteiger partial charge in [-0.25, -0.2) is 9.97 Å². The molecule has 2 aromatic heterocycles. The van der Waals surface area contributed by atoms with Crippen LogP contribution in [0.25, 0.3) is 0 Å². The molecule has 0 saturated carbocycles. The monoisotopic (exact) mass is 340 g/mol. The zero-order chi connectivity index (χ0) is 17.1.